The second-order valence-electron chi connectivity index (χ2n) is 14.2. The molecule has 5 heteroatoms. The molecule has 0 aliphatic rings. The molecule has 0 saturated carbocycles. The summed E-state index contributed by atoms with van der Waals surface area (Å²) in [6.07, 6.45) is 0. The molecule has 10 aromatic rings. The third-order valence-corrected chi connectivity index (χ3v) is 10.6. The van der Waals surface area contributed by atoms with Crippen molar-refractivity contribution in [2.45, 2.75) is 13.8 Å². The van der Waals surface area contributed by atoms with Crippen LogP contribution in [-0.4, -0.2) is 9.55 Å². The number of hydrogen-bond donors (Lipinski definition) is 0. The van der Waals surface area contributed by atoms with Crippen molar-refractivity contribution in [1.82, 2.24) is 9.55 Å². The summed E-state index contributed by atoms with van der Waals surface area (Å²) >= 11 is 0. The van der Waals surface area contributed by atoms with E-state index >= 15 is 0 Å². The number of nitrogens with zero attached hydrogens (tertiary/aromatic N) is 4. The number of rotatable bonds is 8. The number of oxazole rings is 1. The lowest BCUT2D eigenvalue weighted by molar-refractivity contribution is 0.618. The number of aryl methyl sites for hydroxylation is 2. The molecule has 0 unspecified atom stereocenters. The van der Waals surface area contributed by atoms with Crippen LogP contribution in [0.2, 0.25) is 0 Å². The van der Waals surface area contributed by atoms with E-state index in [0.717, 1.165) is 89.4 Å². The third-order valence-electron chi connectivity index (χ3n) is 10.6. The van der Waals surface area contributed by atoms with E-state index < -0.39 is 0 Å². The minimum absolute atomic E-state index is 0.646. The molecule has 0 bridgehead atoms. The van der Waals surface area contributed by atoms with E-state index in [-0.39, 0.29) is 0 Å². The van der Waals surface area contributed by atoms with Crippen molar-refractivity contribution in [3.8, 4) is 17.1 Å². The summed E-state index contributed by atoms with van der Waals surface area (Å²) in [5.41, 5.74) is 14.8. The normalized spacial score (nSPS) is 11.4. The molecule has 10 rings (SSSR count). The fourth-order valence-corrected chi connectivity index (χ4v) is 8.14. The lowest BCUT2D eigenvalue weighted by Crippen LogP contribution is -2.09. The van der Waals surface area contributed by atoms with Crippen LogP contribution < -0.4 is 9.80 Å². The molecule has 0 amide bonds. The maximum atomic E-state index is 6.28. The second-order valence-corrected chi connectivity index (χ2v) is 14.2. The highest BCUT2D eigenvalue weighted by molar-refractivity contribution is 6.12. The van der Waals surface area contributed by atoms with Gasteiger partial charge in [0.2, 0.25) is 5.89 Å². The average molecular weight is 723 g/mol. The van der Waals surface area contributed by atoms with E-state index in [1.807, 2.05) is 24.3 Å². The van der Waals surface area contributed by atoms with Gasteiger partial charge in [-0.25, -0.2) is 4.98 Å². The molecule has 0 aliphatic heterocycles. The van der Waals surface area contributed by atoms with Gasteiger partial charge >= 0.3 is 0 Å². The highest BCUT2D eigenvalue weighted by atomic mass is 16.3. The highest BCUT2D eigenvalue weighted by Crippen LogP contribution is 2.43. The number of para-hydroxylation sites is 6. The Morgan fingerprint density at radius 1 is 0.429 bits per heavy atom. The monoisotopic (exact) mass is 722 g/mol. The number of anilines is 6. The third kappa shape index (κ3) is 5.78. The topological polar surface area (TPSA) is 37.4 Å². The first-order valence-electron chi connectivity index (χ1n) is 19.0. The number of hydrogen-bond acceptors (Lipinski definition) is 4. The van der Waals surface area contributed by atoms with Gasteiger partial charge in [0.15, 0.2) is 5.58 Å². The molecule has 268 valence electrons. The van der Waals surface area contributed by atoms with Gasteiger partial charge in [-0.3, -0.25) is 0 Å². The van der Waals surface area contributed by atoms with Gasteiger partial charge in [0.1, 0.15) is 5.52 Å². The van der Waals surface area contributed by atoms with Crippen LogP contribution in [0, 0.1) is 13.8 Å². The Hall–Kier alpha value is -7.37. The van der Waals surface area contributed by atoms with Crippen LogP contribution in [0.4, 0.5) is 34.1 Å². The number of benzene rings is 8. The molecule has 8 aromatic carbocycles. The maximum absolute atomic E-state index is 6.28. The van der Waals surface area contributed by atoms with Crippen molar-refractivity contribution in [1.29, 1.82) is 0 Å². The minimum atomic E-state index is 0.646. The number of fused-ring (bicyclic) bond motifs is 4. The van der Waals surface area contributed by atoms with Gasteiger partial charge in [0, 0.05) is 56.1 Å². The van der Waals surface area contributed by atoms with Gasteiger partial charge in [-0.2, -0.15) is 0 Å². The molecule has 0 N–H and O–H groups in total. The zero-order chi connectivity index (χ0) is 37.6. The van der Waals surface area contributed by atoms with Gasteiger partial charge in [-0.1, -0.05) is 84.9 Å². The zero-order valence-electron chi connectivity index (χ0n) is 31.2. The first-order valence-corrected chi connectivity index (χ1v) is 19.0. The Kier molecular flexibility index (Phi) is 8.19. The number of aromatic nitrogens is 2. The van der Waals surface area contributed by atoms with Crippen molar-refractivity contribution in [3.63, 3.8) is 0 Å². The summed E-state index contributed by atoms with van der Waals surface area (Å²) in [7, 11) is 0. The van der Waals surface area contributed by atoms with Crippen molar-refractivity contribution < 1.29 is 4.42 Å². The van der Waals surface area contributed by atoms with Gasteiger partial charge in [0.05, 0.1) is 11.0 Å². The molecule has 0 spiro atoms. The van der Waals surface area contributed by atoms with Gasteiger partial charge < -0.3 is 18.8 Å². The van der Waals surface area contributed by atoms with Crippen molar-refractivity contribution in [2.75, 3.05) is 9.80 Å². The van der Waals surface area contributed by atoms with E-state index in [2.05, 4.69) is 198 Å². The summed E-state index contributed by atoms with van der Waals surface area (Å²) < 4.78 is 8.68. The summed E-state index contributed by atoms with van der Waals surface area (Å²) in [5, 5.41) is 2.33. The molecule has 0 saturated heterocycles. The zero-order valence-corrected chi connectivity index (χ0v) is 31.2. The average Bonchev–Trinajstić information content (AvgIpc) is 3.81. The van der Waals surface area contributed by atoms with E-state index in [0.29, 0.717) is 5.89 Å². The van der Waals surface area contributed by atoms with E-state index in [9.17, 15) is 0 Å². The largest absolute Gasteiger partial charge is 0.436 e. The Balaban J connectivity index is 1.21. The molecule has 0 aliphatic carbocycles. The maximum Gasteiger partial charge on any atom is 0.227 e. The smallest absolute Gasteiger partial charge is 0.227 e. The molecule has 2 heterocycles. The standard InChI is InChI=1S/C51H38N4O/c1-35-31-43(32-36(2)50(35)51-52-46-25-15-16-26-49(46)56-51)55-47-29-27-41(53(37-17-7-3-8-18-37)38-19-9-4-10-20-38)33-44(47)45-34-42(28-30-48(45)55)54(39-21-11-5-12-22-39)40-23-13-6-14-24-40/h3-34H,1-2H3. The first kappa shape index (κ1) is 33.2. The molecule has 2 aromatic heterocycles. The van der Waals surface area contributed by atoms with Crippen LogP contribution >= 0.6 is 0 Å². The lowest BCUT2D eigenvalue weighted by atomic mass is 10.0. The Morgan fingerprint density at radius 2 is 0.839 bits per heavy atom. The first-order chi connectivity index (χ1) is 27.6. The summed E-state index contributed by atoms with van der Waals surface area (Å²) in [6, 6.07) is 68.6. The Morgan fingerprint density at radius 3 is 1.27 bits per heavy atom. The molecule has 56 heavy (non-hydrogen) atoms. The van der Waals surface area contributed by atoms with Gasteiger partial charge in [-0.15, -0.1) is 0 Å². The van der Waals surface area contributed by atoms with Crippen LogP contribution in [-0.2, 0) is 0 Å². The van der Waals surface area contributed by atoms with E-state index in [1.165, 1.54) is 0 Å². The molecule has 0 atom stereocenters. The van der Waals surface area contributed by atoms with Crippen LogP contribution in [0.1, 0.15) is 11.1 Å². The van der Waals surface area contributed by atoms with Gasteiger partial charge in [0.25, 0.3) is 0 Å². The Labute approximate surface area is 326 Å². The van der Waals surface area contributed by atoms with Crippen molar-refractivity contribution >= 4 is 67.0 Å². The molecule has 0 radical (unpaired) electrons. The SMILES string of the molecule is Cc1cc(-n2c3ccc(N(c4ccccc4)c4ccccc4)cc3c3cc(N(c4ccccc4)c4ccccc4)ccc32)cc(C)c1-c1nc2ccccc2o1. The predicted molar refractivity (Wildman–Crippen MR) is 233 cm³/mol. The second kappa shape index (κ2) is 13.8. The van der Waals surface area contributed by atoms with Crippen LogP contribution in [0.5, 0.6) is 0 Å². The molecule has 5 nitrogen and oxygen atoms in total. The van der Waals surface area contributed by atoms with Crippen LogP contribution in [0.3, 0.4) is 0 Å². The summed E-state index contributed by atoms with van der Waals surface area (Å²) in [6.45, 7) is 4.31. The molecular formula is C51H38N4O. The highest BCUT2D eigenvalue weighted by Gasteiger charge is 2.21. The van der Waals surface area contributed by atoms with Crippen molar-refractivity contribution in [3.05, 3.63) is 205 Å². The quantitative estimate of drug-likeness (QED) is 0.156. The van der Waals surface area contributed by atoms with Crippen LogP contribution in [0.25, 0.3) is 50.0 Å². The Bertz CT molecular complexity index is 2710. The predicted octanol–water partition coefficient (Wildman–Crippen LogP) is 14.1. The van der Waals surface area contributed by atoms with Crippen LogP contribution in [0.15, 0.2) is 199 Å². The summed E-state index contributed by atoms with van der Waals surface area (Å²) in [4.78, 5) is 9.53. The lowest BCUT2D eigenvalue weighted by Gasteiger charge is -2.26. The fourth-order valence-electron chi connectivity index (χ4n) is 8.14. The van der Waals surface area contributed by atoms with E-state index in [4.69, 9.17) is 9.40 Å². The molecular weight excluding hydrogens is 685 g/mol. The minimum Gasteiger partial charge on any atom is -0.436 e. The summed E-state index contributed by atoms with van der Waals surface area (Å²) in [5.74, 6) is 0.646. The van der Waals surface area contributed by atoms with Crippen molar-refractivity contribution in [2.24, 2.45) is 0 Å². The fraction of sp³-hybridized carbons (Fsp3) is 0.0392. The van der Waals surface area contributed by atoms with Gasteiger partial charge in [-0.05, 0) is 134 Å². The molecule has 0 fully saturated rings. The van der Waals surface area contributed by atoms with E-state index in [1.54, 1.807) is 0 Å².